The largest absolute Gasteiger partial charge is 0.491 e. The van der Waals surface area contributed by atoms with E-state index in [1.807, 2.05) is 13.8 Å². The molecule has 2 N–H and O–H groups in total. The lowest BCUT2D eigenvalue weighted by Gasteiger charge is -2.08. The number of aromatic nitrogens is 2. The van der Waals surface area contributed by atoms with E-state index in [2.05, 4.69) is 15.5 Å². The molecule has 0 aliphatic rings. The standard InChI is InChI=1S/C13H16FN3O/c1-3-18-13-5-4-11(6-12(13)14)15-7-10-8-16-17-9(10)2/h4-6,8,15H,3,7H2,1-2H3,(H,16,17). The normalized spacial score (nSPS) is 10.4. The van der Waals surface area contributed by atoms with Crippen LogP contribution in [0.1, 0.15) is 18.2 Å². The fraction of sp³-hybridized carbons (Fsp3) is 0.308. The van der Waals surface area contributed by atoms with E-state index in [-0.39, 0.29) is 11.6 Å². The van der Waals surface area contributed by atoms with Gasteiger partial charge in [0, 0.05) is 29.6 Å². The van der Waals surface area contributed by atoms with Crippen molar-refractivity contribution < 1.29 is 9.13 Å². The van der Waals surface area contributed by atoms with Crippen molar-refractivity contribution >= 4 is 5.69 Å². The zero-order valence-corrected chi connectivity index (χ0v) is 10.5. The molecule has 1 aromatic heterocycles. The van der Waals surface area contributed by atoms with Gasteiger partial charge in [0.25, 0.3) is 0 Å². The monoisotopic (exact) mass is 249 g/mol. The van der Waals surface area contributed by atoms with Crippen molar-refractivity contribution in [3.63, 3.8) is 0 Å². The zero-order chi connectivity index (χ0) is 13.0. The molecule has 0 radical (unpaired) electrons. The third-order valence-electron chi connectivity index (χ3n) is 2.65. The molecule has 5 heteroatoms. The third-order valence-corrected chi connectivity index (χ3v) is 2.65. The average molecular weight is 249 g/mol. The molecule has 18 heavy (non-hydrogen) atoms. The summed E-state index contributed by atoms with van der Waals surface area (Å²) in [5, 5.41) is 9.93. The lowest BCUT2D eigenvalue weighted by atomic mass is 10.2. The predicted molar refractivity (Wildman–Crippen MR) is 68.2 cm³/mol. The van der Waals surface area contributed by atoms with Crippen molar-refractivity contribution in [1.82, 2.24) is 10.2 Å². The van der Waals surface area contributed by atoms with Gasteiger partial charge in [0.1, 0.15) is 0 Å². The minimum Gasteiger partial charge on any atom is -0.491 e. The first-order chi connectivity index (χ1) is 8.70. The van der Waals surface area contributed by atoms with Crippen molar-refractivity contribution in [1.29, 1.82) is 0 Å². The second kappa shape index (κ2) is 5.53. The molecule has 0 amide bonds. The summed E-state index contributed by atoms with van der Waals surface area (Å²) in [6.07, 6.45) is 1.76. The van der Waals surface area contributed by atoms with Gasteiger partial charge in [0.05, 0.1) is 12.8 Å². The lowest BCUT2D eigenvalue weighted by Crippen LogP contribution is -2.01. The fourth-order valence-corrected chi connectivity index (χ4v) is 1.63. The van der Waals surface area contributed by atoms with Crippen LogP contribution in [0.3, 0.4) is 0 Å². The molecule has 0 aliphatic carbocycles. The number of anilines is 1. The van der Waals surface area contributed by atoms with Crippen LogP contribution in [-0.2, 0) is 6.54 Å². The first-order valence-electron chi connectivity index (χ1n) is 5.85. The van der Waals surface area contributed by atoms with Crippen molar-refractivity contribution in [2.75, 3.05) is 11.9 Å². The van der Waals surface area contributed by atoms with Crippen LogP contribution in [0.25, 0.3) is 0 Å². The van der Waals surface area contributed by atoms with Gasteiger partial charge in [-0.3, -0.25) is 5.10 Å². The number of aromatic amines is 1. The molecule has 1 heterocycles. The highest BCUT2D eigenvalue weighted by Gasteiger charge is 2.05. The van der Waals surface area contributed by atoms with Crippen LogP contribution in [0.2, 0.25) is 0 Å². The van der Waals surface area contributed by atoms with Gasteiger partial charge in [-0.25, -0.2) is 4.39 Å². The minimum absolute atomic E-state index is 0.280. The maximum Gasteiger partial charge on any atom is 0.167 e. The van der Waals surface area contributed by atoms with Crippen molar-refractivity contribution in [2.45, 2.75) is 20.4 Å². The number of hydrogen-bond acceptors (Lipinski definition) is 3. The Balaban J connectivity index is 2.02. The fourth-order valence-electron chi connectivity index (χ4n) is 1.63. The quantitative estimate of drug-likeness (QED) is 0.856. The molecule has 0 unspecified atom stereocenters. The molecule has 0 atom stereocenters. The molecule has 96 valence electrons. The number of nitrogens with one attached hydrogen (secondary N) is 2. The van der Waals surface area contributed by atoms with Gasteiger partial charge >= 0.3 is 0 Å². The molecule has 0 saturated carbocycles. The summed E-state index contributed by atoms with van der Waals surface area (Å²) >= 11 is 0. The van der Waals surface area contributed by atoms with Gasteiger partial charge in [-0.2, -0.15) is 5.10 Å². The molecule has 1 aromatic carbocycles. The van der Waals surface area contributed by atoms with Crippen LogP contribution < -0.4 is 10.1 Å². The number of H-pyrrole nitrogens is 1. The van der Waals surface area contributed by atoms with E-state index in [1.54, 1.807) is 18.3 Å². The second-order valence-electron chi connectivity index (χ2n) is 3.95. The van der Waals surface area contributed by atoms with Gasteiger partial charge < -0.3 is 10.1 Å². The van der Waals surface area contributed by atoms with Gasteiger partial charge in [-0.1, -0.05) is 0 Å². The highest BCUT2D eigenvalue weighted by Crippen LogP contribution is 2.21. The maximum absolute atomic E-state index is 13.6. The summed E-state index contributed by atoms with van der Waals surface area (Å²) in [6.45, 7) is 4.84. The van der Waals surface area contributed by atoms with Gasteiger partial charge in [-0.05, 0) is 26.0 Å². The molecule has 0 spiro atoms. The minimum atomic E-state index is -0.356. The summed E-state index contributed by atoms with van der Waals surface area (Å²) < 4.78 is 18.7. The number of halogens is 1. The number of ether oxygens (including phenoxy) is 1. The first-order valence-corrected chi connectivity index (χ1v) is 5.85. The number of nitrogens with zero attached hydrogens (tertiary/aromatic N) is 1. The van der Waals surface area contributed by atoms with Gasteiger partial charge in [0.15, 0.2) is 11.6 Å². The molecule has 0 aliphatic heterocycles. The predicted octanol–water partition coefficient (Wildman–Crippen LogP) is 2.87. The summed E-state index contributed by atoms with van der Waals surface area (Å²) in [4.78, 5) is 0. The van der Waals surface area contributed by atoms with Crippen LogP contribution in [-0.4, -0.2) is 16.8 Å². The third kappa shape index (κ3) is 2.80. The smallest absolute Gasteiger partial charge is 0.167 e. The highest BCUT2D eigenvalue weighted by atomic mass is 19.1. The Bertz CT molecular complexity index is 525. The van der Waals surface area contributed by atoms with Crippen LogP contribution in [0.15, 0.2) is 24.4 Å². The molecule has 0 saturated heterocycles. The van der Waals surface area contributed by atoms with E-state index >= 15 is 0 Å². The Morgan fingerprint density at radius 3 is 2.89 bits per heavy atom. The molecule has 2 rings (SSSR count). The summed E-state index contributed by atoms with van der Waals surface area (Å²) in [5.41, 5.74) is 2.79. The Morgan fingerprint density at radius 2 is 2.28 bits per heavy atom. The Morgan fingerprint density at radius 1 is 1.44 bits per heavy atom. The second-order valence-corrected chi connectivity index (χ2v) is 3.95. The first kappa shape index (κ1) is 12.4. The van der Waals surface area contributed by atoms with E-state index in [4.69, 9.17) is 4.74 Å². The maximum atomic E-state index is 13.6. The van der Waals surface area contributed by atoms with E-state index in [0.717, 1.165) is 16.9 Å². The summed E-state index contributed by atoms with van der Waals surface area (Å²) in [5.74, 6) is -0.0756. The molecular weight excluding hydrogens is 233 g/mol. The van der Waals surface area contributed by atoms with E-state index in [1.165, 1.54) is 6.07 Å². The SMILES string of the molecule is CCOc1ccc(NCc2cn[nH]c2C)cc1F. The number of aryl methyl sites for hydroxylation is 1. The van der Waals surface area contributed by atoms with Gasteiger partial charge in [0.2, 0.25) is 0 Å². The summed E-state index contributed by atoms with van der Waals surface area (Å²) in [6, 6.07) is 4.85. The Hall–Kier alpha value is -2.04. The Labute approximate surface area is 105 Å². The molecule has 0 fully saturated rings. The van der Waals surface area contributed by atoms with Crippen LogP contribution in [0, 0.1) is 12.7 Å². The number of hydrogen-bond donors (Lipinski definition) is 2. The number of benzene rings is 1. The van der Waals surface area contributed by atoms with Crippen LogP contribution >= 0.6 is 0 Å². The average Bonchev–Trinajstić information content (AvgIpc) is 2.76. The topological polar surface area (TPSA) is 49.9 Å². The van der Waals surface area contributed by atoms with E-state index < -0.39 is 0 Å². The molecule has 0 bridgehead atoms. The van der Waals surface area contributed by atoms with Crippen LogP contribution in [0.5, 0.6) is 5.75 Å². The molecule has 2 aromatic rings. The van der Waals surface area contributed by atoms with E-state index in [0.29, 0.717) is 13.2 Å². The Kier molecular flexibility index (Phi) is 3.82. The molecular formula is C13H16FN3O. The van der Waals surface area contributed by atoms with E-state index in [9.17, 15) is 4.39 Å². The van der Waals surface area contributed by atoms with Crippen molar-refractivity contribution in [3.05, 3.63) is 41.5 Å². The zero-order valence-electron chi connectivity index (χ0n) is 10.5. The lowest BCUT2D eigenvalue weighted by molar-refractivity contribution is 0.321. The van der Waals surface area contributed by atoms with Crippen molar-refractivity contribution in [2.24, 2.45) is 0 Å². The highest BCUT2D eigenvalue weighted by molar-refractivity contribution is 5.47. The summed E-state index contributed by atoms with van der Waals surface area (Å²) in [7, 11) is 0. The van der Waals surface area contributed by atoms with Gasteiger partial charge in [-0.15, -0.1) is 0 Å². The molecule has 4 nitrogen and oxygen atoms in total. The van der Waals surface area contributed by atoms with Crippen molar-refractivity contribution in [3.8, 4) is 5.75 Å². The van der Waals surface area contributed by atoms with Crippen LogP contribution in [0.4, 0.5) is 10.1 Å². The number of rotatable bonds is 5.